The van der Waals surface area contributed by atoms with E-state index in [2.05, 4.69) is 21.3 Å². The molecule has 0 aliphatic carbocycles. The van der Waals surface area contributed by atoms with Crippen LogP contribution >= 0.6 is 0 Å². The zero-order chi connectivity index (χ0) is 19.5. The fourth-order valence-corrected chi connectivity index (χ4v) is 3.64. The third kappa shape index (κ3) is 3.98. The number of amides is 1. The van der Waals surface area contributed by atoms with Crippen molar-refractivity contribution in [1.82, 2.24) is 15.3 Å². The third-order valence-corrected chi connectivity index (χ3v) is 5.09. The van der Waals surface area contributed by atoms with Crippen LogP contribution in [0.3, 0.4) is 0 Å². The lowest BCUT2D eigenvalue weighted by Gasteiger charge is -2.27. The number of piperidine rings is 1. The molecule has 5 nitrogen and oxygen atoms in total. The average Bonchev–Trinajstić information content (AvgIpc) is 2.73. The lowest BCUT2D eigenvalue weighted by molar-refractivity contribution is 0.0943. The molecule has 1 fully saturated rings. The molecule has 1 N–H and O–H groups in total. The molecule has 1 aromatic heterocycles. The Balaban J connectivity index is 1.66. The van der Waals surface area contributed by atoms with E-state index in [1.165, 1.54) is 19.3 Å². The van der Waals surface area contributed by atoms with E-state index in [0.29, 0.717) is 5.56 Å². The van der Waals surface area contributed by atoms with E-state index in [-0.39, 0.29) is 11.9 Å². The van der Waals surface area contributed by atoms with Crippen LogP contribution in [0.4, 0.5) is 5.82 Å². The number of anilines is 1. The fourth-order valence-electron chi connectivity index (χ4n) is 3.64. The minimum absolute atomic E-state index is 0.0511. The lowest BCUT2D eigenvalue weighted by atomic mass is 10.0. The van der Waals surface area contributed by atoms with Gasteiger partial charge in [0, 0.05) is 24.7 Å². The van der Waals surface area contributed by atoms with Gasteiger partial charge in [0.25, 0.3) is 5.91 Å². The van der Waals surface area contributed by atoms with Gasteiger partial charge in [0.2, 0.25) is 0 Å². The Morgan fingerprint density at radius 3 is 2.57 bits per heavy atom. The number of fused-ring (bicyclic) bond motifs is 1. The van der Waals surface area contributed by atoms with Crippen molar-refractivity contribution in [3.05, 3.63) is 54.2 Å². The van der Waals surface area contributed by atoms with E-state index < -0.39 is 0 Å². The number of carbonyl (C=O) groups is 1. The van der Waals surface area contributed by atoms with Gasteiger partial charge in [-0.2, -0.15) is 0 Å². The monoisotopic (exact) mass is 374 g/mol. The van der Waals surface area contributed by atoms with Crippen LogP contribution in [-0.4, -0.2) is 35.0 Å². The van der Waals surface area contributed by atoms with Crippen LogP contribution in [0.15, 0.2) is 48.7 Å². The number of hydrogen-bond acceptors (Lipinski definition) is 4. The number of hydrogen-bond donors (Lipinski definition) is 1. The molecular formula is C23H26N4O. The van der Waals surface area contributed by atoms with Gasteiger partial charge in [-0.15, -0.1) is 0 Å². The highest BCUT2D eigenvalue weighted by molar-refractivity contribution is 5.96. The van der Waals surface area contributed by atoms with Crippen LogP contribution in [0, 0.1) is 0 Å². The first-order valence-electron chi connectivity index (χ1n) is 10.0. The van der Waals surface area contributed by atoms with Gasteiger partial charge in [-0.3, -0.25) is 9.78 Å². The summed E-state index contributed by atoms with van der Waals surface area (Å²) < 4.78 is 0. The highest BCUT2D eigenvalue weighted by Gasteiger charge is 2.14. The highest BCUT2D eigenvalue weighted by Crippen LogP contribution is 2.26. The maximum absolute atomic E-state index is 12.3. The first-order valence-corrected chi connectivity index (χ1v) is 10.0. The quantitative estimate of drug-likeness (QED) is 0.734. The van der Waals surface area contributed by atoms with E-state index in [4.69, 9.17) is 4.98 Å². The van der Waals surface area contributed by atoms with Crippen molar-refractivity contribution in [3.63, 3.8) is 0 Å². The molecule has 0 unspecified atom stereocenters. The van der Waals surface area contributed by atoms with Gasteiger partial charge in [-0.1, -0.05) is 18.2 Å². The second-order valence-corrected chi connectivity index (χ2v) is 7.69. The topological polar surface area (TPSA) is 58.1 Å². The third-order valence-electron chi connectivity index (χ3n) is 5.09. The number of aromatic nitrogens is 2. The summed E-state index contributed by atoms with van der Waals surface area (Å²) in [6.07, 6.45) is 5.60. The molecule has 0 saturated carbocycles. The minimum Gasteiger partial charge on any atom is -0.355 e. The van der Waals surface area contributed by atoms with Crippen molar-refractivity contribution in [2.45, 2.75) is 39.2 Å². The second kappa shape index (κ2) is 7.97. The molecule has 1 aliphatic rings. The van der Waals surface area contributed by atoms with Crippen molar-refractivity contribution in [1.29, 1.82) is 0 Å². The summed E-state index contributed by atoms with van der Waals surface area (Å²) in [5, 5.41) is 2.94. The number of benzene rings is 2. The first kappa shape index (κ1) is 18.4. The summed E-state index contributed by atoms with van der Waals surface area (Å²) in [5.74, 6) is 0.902. The Labute approximate surface area is 165 Å². The van der Waals surface area contributed by atoms with Crippen molar-refractivity contribution in [3.8, 4) is 11.1 Å². The molecule has 0 radical (unpaired) electrons. The first-order chi connectivity index (χ1) is 13.6. The molecule has 28 heavy (non-hydrogen) atoms. The average molecular weight is 374 g/mol. The van der Waals surface area contributed by atoms with E-state index >= 15 is 0 Å². The van der Waals surface area contributed by atoms with E-state index in [1.54, 1.807) is 0 Å². The van der Waals surface area contributed by atoms with Crippen LogP contribution < -0.4 is 10.2 Å². The number of nitrogens with one attached hydrogen (secondary N) is 1. The summed E-state index contributed by atoms with van der Waals surface area (Å²) in [5.41, 5.74) is 4.48. The van der Waals surface area contributed by atoms with Crippen LogP contribution in [0.1, 0.15) is 43.5 Å². The standard InChI is InChI=1S/C23H26N4O/c1-16(2)25-23(28)19-8-6-7-17(13-19)18-9-10-20-21(14-18)26-22(15-24-20)27-11-4-3-5-12-27/h6-10,13-16H,3-5,11-12H2,1-2H3,(H,25,28). The fraction of sp³-hybridized carbons (Fsp3) is 0.348. The van der Waals surface area contributed by atoms with Crippen molar-refractivity contribution < 1.29 is 4.79 Å². The number of rotatable bonds is 4. The molecule has 2 heterocycles. The van der Waals surface area contributed by atoms with E-state index in [0.717, 1.165) is 41.1 Å². The van der Waals surface area contributed by atoms with Crippen LogP contribution in [0.2, 0.25) is 0 Å². The normalized spacial score (nSPS) is 14.5. The van der Waals surface area contributed by atoms with Gasteiger partial charge in [0.05, 0.1) is 17.2 Å². The molecule has 4 rings (SSSR count). The molecule has 1 saturated heterocycles. The highest BCUT2D eigenvalue weighted by atomic mass is 16.1. The molecule has 1 aliphatic heterocycles. The van der Waals surface area contributed by atoms with Gasteiger partial charge < -0.3 is 10.2 Å². The van der Waals surface area contributed by atoms with Crippen LogP contribution in [0.25, 0.3) is 22.2 Å². The van der Waals surface area contributed by atoms with Gasteiger partial charge >= 0.3 is 0 Å². The van der Waals surface area contributed by atoms with Crippen molar-refractivity contribution >= 4 is 22.8 Å². The summed E-state index contributed by atoms with van der Waals surface area (Å²) >= 11 is 0. The minimum atomic E-state index is -0.0511. The second-order valence-electron chi connectivity index (χ2n) is 7.69. The van der Waals surface area contributed by atoms with Crippen molar-refractivity contribution in [2.75, 3.05) is 18.0 Å². The Morgan fingerprint density at radius 1 is 1.00 bits per heavy atom. The largest absolute Gasteiger partial charge is 0.355 e. The molecule has 1 amide bonds. The molecule has 0 atom stereocenters. The smallest absolute Gasteiger partial charge is 0.251 e. The Bertz CT molecular complexity index is 993. The van der Waals surface area contributed by atoms with Gasteiger partial charge in [0.1, 0.15) is 5.82 Å². The summed E-state index contributed by atoms with van der Waals surface area (Å²) in [4.78, 5) is 24.1. The molecule has 3 aromatic rings. The van der Waals surface area contributed by atoms with Gasteiger partial charge in [-0.25, -0.2) is 4.98 Å². The molecule has 0 bridgehead atoms. The molecular weight excluding hydrogens is 348 g/mol. The van der Waals surface area contributed by atoms with Gasteiger partial charge in [-0.05, 0) is 68.5 Å². The zero-order valence-corrected chi connectivity index (χ0v) is 16.5. The maximum atomic E-state index is 12.3. The summed E-state index contributed by atoms with van der Waals surface area (Å²) in [7, 11) is 0. The number of nitrogens with zero attached hydrogens (tertiary/aromatic N) is 3. The predicted molar refractivity (Wildman–Crippen MR) is 114 cm³/mol. The van der Waals surface area contributed by atoms with E-state index in [9.17, 15) is 4.79 Å². The Hall–Kier alpha value is -2.95. The Kier molecular flexibility index (Phi) is 5.24. The summed E-state index contributed by atoms with van der Waals surface area (Å²) in [6.45, 7) is 6.02. The van der Waals surface area contributed by atoms with Crippen LogP contribution in [0.5, 0.6) is 0 Å². The molecule has 2 aromatic carbocycles. The molecule has 144 valence electrons. The SMILES string of the molecule is CC(C)NC(=O)c1cccc(-c2ccc3ncc(N4CCCCC4)nc3c2)c1. The van der Waals surface area contributed by atoms with Crippen molar-refractivity contribution in [2.24, 2.45) is 0 Å². The maximum Gasteiger partial charge on any atom is 0.251 e. The number of carbonyl (C=O) groups excluding carboxylic acids is 1. The van der Waals surface area contributed by atoms with Gasteiger partial charge in [0.15, 0.2) is 0 Å². The Morgan fingerprint density at radius 2 is 1.79 bits per heavy atom. The van der Waals surface area contributed by atoms with Crippen LogP contribution in [-0.2, 0) is 0 Å². The predicted octanol–water partition coefficient (Wildman–Crippen LogP) is 4.43. The molecule has 0 spiro atoms. The van der Waals surface area contributed by atoms with E-state index in [1.807, 2.05) is 56.4 Å². The lowest BCUT2D eigenvalue weighted by Crippen LogP contribution is -2.30. The molecule has 5 heteroatoms. The summed E-state index contributed by atoms with van der Waals surface area (Å²) in [6, 6.07) is 13.9. The zero-order valence-electron chi connectivity index (χ0n) is 16.5.